The number of carbonyl (C=O) groups is 8. The van der Waals surface area contributed by atoms with Gasteiger partial charge in [-0.1, -0.05) is 13.5 Å². The highest BCUT2D eigenvalue weighted by Crippen LogP contribution is 2.34. The van der Waals surface area contributed by atoms with Crippen molar-refractivity contribution in [3.63, 3.8) is 0 Å². The van der Waals surface area contributed by atoms with Crippen LogP contribution in [0.15, 0.2) is 97.6 Å². The van der Waals surface area contributed by atoms with Crippen LogP contribution in [0.3, 0.4) is 0 Å². The Labute approximate surface area is 452 Å². The summed E-state index contributed by atoms with van der Waals surface area (Å²) in [4.78, 5) is 103. The van der Waals surface area contributed by atoms with Crippen molar-refractivity contribution in [1.82, 2.24) is 0 Å². The Morgan fingerprint density at radius 1 is 0.449 bits per heavy atom. The van der Waals surface area contributed by atoms with Gasteiger partial charge in [-0.3, -0.25) is 14.4 Å². The molecule has 0 radical (unpaired) electrons. The highest BCUT2D eigenvalue weighted by atomic mass is 16.6. The first-order valence-electron chi connectivity index (χ1n) is 25.9. The highest BCUT2D eigenvalue weighted by Gasteiger charge is 2.33. The number of hydrogen-bond acceptors (Lipinski definition) is 20. The molecule has 1 fully saturated rings. The number of rotatable bonds is 32. The molecule has 5 rings (SSSR count). The lowest BCUT2D eigenvalue weighted by Gasteiger charge is -2.26. The summed E-state index contributed by atoms with van der Waals surface area (Å²) in [6.07, 6.45) is 4.93. The van der Waals surface area contributed by atoms with Gasteiger partial charge in [-0.25, -0.2) is 24.0 Å². The smallest absolute Gasteiger partial charge is 0.343 e. The van der Waals surface area contributed by atoms with Crippen LogP contribution in [0.25, 0.3) is 0 Å². The zero-order valence-corrected chi connectivity index (χ0v) is 44.1. The van der Waals surface area contributed by atoms with Crippen molar-refractivity contribution in [2.75, 3.05) is 66.1 Å². The summed E-state index contributed by atoms with van der Waals surface area (Å²) in [7, 11) is 0. The average molecular weight is 1080 g/mol. The van der Waals surface area contributed by atoms with Crippen LogP contribution >= 0.6 is 0 Å². The van der Waals surface area contributed by atoms with Crippen LogP contribution < -0.4 is 28.4 Å². The molecule has 20 heteroatoms. The fraction of sp³-hybridized carbons (Fsp3) is 0.414. The van der Waals surface area contributed by atoms with Crippen molar-refractivity contribution in [2.45, 2.75) is 78.6 Å². The summed E-state index contributed by atoms with van der Waals surface area (Å²) < 4.78 is 65.4. The molecule has 4 aromatic carbocycles. The molecule has 0 aromatic heterocycles. The Kier molecular flexibility index (Phi) is 25.8. The third-order valence-electron chi connectivity index (χ3n) is 11.7. The molecule has 1 aliphatic rings. The van der Waals surface area contributed by atoms with E-state index in [4.69, 9.17) is 56.8 Å². The fourth-order valence-electron chi connectivity index (χ4n) is 7.44. The van der Waals surface area contributed by atoms with Crippen LogP contribution in [0.1, 0.15) is 120 Å². The van der Waals surface area contributed by atoms with Gasteiger partial charge >= 0.3 is 47.8 Å². The number of hydrogen-bond donors (Lipinski definition) is 0. The number of benzene rings is 4. The third kappa shape index (κ3) is 20.5. The molecule has 1 aliphatic carbocycles. The first-order valence-corrected chi connectivity index (χ1v) is 25.9. The van der Waals surface area contributed by atoms with E-state index in [2.05, 4.69) is 6.58 Å². The van der Waals surface area contributed by atoms with Gasteiger partial charge in [0.15, 0.2) is 0 Å². The largest absolute Gasteiger partial charge is 0.494 e. The molecule has 0 atom stereocenters. The van der Waals surface area contributed by atoms with Crippen LogP contribution in [0.5, 0.6) is 34.5 Å². The van der Waals surface area contributed by atoms with Crippen molar-refractivity contribution in [3.8, 4) is 34.5 Å². The molecule has 20 nitrogen and oxygen atoms in total. The standard InChI is InChI=1S/C58H66O20/c1-5-51(59)71-31-11-9-29-69-43-21-17-41(18-22-43)55(63)77-49-27-25-45(37-47(49)57(65)73-35-33-67-7-3)75-53(61)39-13-15-40(16-14-39)54(62)76-46-26-28-50(48(38-46)58(66)74-36-34-68-8-4)78-56(64)42-19-23-44(24-20-42)70-30-10-12-32-72-52(60)6-2/h5,17-28,37-40H,1,6-16,29-36H2,2-4H3. The molecule has 418 valence electrons. The quantitative estimate of drug-likeness (QED) is 0.0146. The van der Waals surface area contributed by atoms with E-state index < -0.39 is 53.6 Å². The van der Waals surface area contributed by atoms with E-state index in [-0.39, 0.29) is 110 Å². The van der Waals surface area contributed by atoms with Gasteiger partial charge in [0.2, 0.25) is 0 Å². The zero-order chi connectivity index (χ0) is 56.1. The van der Waals surface area contributed by atoms with Gasteiger partial charge in [-0.2, -0.15) is 0 Å². The van der Waals surface area contributed by atoms with Gasteiger partial charge in [-0.05, 0) is 150 Å². The lowest BCUT2D eigenvalue weighted by molar-refractivity contribution is -0.145. The van der Waals surface area contributed by atoms with Gasteiger partial charge in [-0.15, -0.1) is 0 Å². The molecule has 0 aliphatic heterocycles. The van der Waals surface area contributed by atoms with E-state index in [1.165, 1.54) is 60.7 Å². The first kappa shape index (κ1) is 60.8. The molecule has 0 heterocycles. The molecule has 0 bridgehead atoms. The highest BCUT2D eigenvalue weighted by molar-refractivity contribution is 5.98. The second kappa shape index (κ2) is 33.1. The Morgan fingerprint density at radius 3 is 1.24 bits per heavy atom. The van der Waals surface area contributed by atoms with Gasteiger partial charge in [0.05, 0.1) is 62.6 Å². The number of carbonyl (C=O) groups excluding carboxylic acids is 8. The van der Waals surface area contributed by atoms with E-state index >= 15 is 0 Å². The number of unbranched alkanes of at least 4 members (excludes halogenated alkanes) is 2. The zero-order valence-electron chi connectivity index (χ0n) is 44.1. The van der Waals surface area contributed by atoms with Gasteiger partial charge < -0.3 is 56.8 Å². The van der Waals surface area contributed by atoms with Crippen LogP contribution in [0, 0.1) is 11.8 Å². The number of esters is 8. The molecule has 0 spiro atoms. The minimum Gasteiger partial charge on any atom is -0.494 e. The van der Waals surface area contributed by atoms with Crippen LogP contribution in [-0.4, -0.2) is 114 Å². The van der Waals surface area contributed by atoms with Gasteiger partial charge in [0.25, 0.3) is 0 Å². The van der Waals surface area contributed by atoms with Crippen molar-refractivity contribution in [3.05, 3.63) is 120 Å². The summed E-state index contributed by atoms with van der Waals surface area (Å²) in [5, 5.41) is 0. The summed E-state index contributed by atoms with van der Waals surface area (Å²) in [6, 6.07) is 20.2. The van der Waals surface area contributed by atoms with E-state index in [0.29, 0.717) is 76.6 Å². The lowest BCUT2D eigenvalue weighted by atomic mass is 9.82. The Hall–Kier alpha value is -8.10. The van der Waals surface area contributed by atoms with E-state index in [1.54, 1.807) is 45.0 Å². The topological polar surface area (TPSA) is 247 Å². The average Bonchev–Trinajstić information content (AvgIpc) is 3.46. The predicted octanol–water partition coefficient (Wildman–Crippen LogP) is 8.83. The molecular formula is C58H66O20. The lowest BCUT2D eigenvalue weighted by Crippen LogP contribution is -2.30. The molecule has 1 saturated carbocycles. The van der Waals surface area contributed by atoms with Crippen molar-refractivity contribution in [2.24, 2.45) is 11.8 Å². The maximum Gasteiger partial charge on any atom is 0.343 e. The van der Waals surface area contributed by atoms with Gasteiger partial charge in [0.1, 0.15) is 58.8 Å². The summed E-state index contributed by atoms with van der Waals surface area (Å²) in [5.41, 5.74) is -0.0411. The summed E-state index contributed by atoms with van der Waals surface area (Å²) in [6.45, 7) is 10.7. The monoisotopic (exact) mass is 1080 g/mol. The maximum atomic E-state index is 13.5. The molecule has 78 heavy (non-hydrogen) atoms. The Balaban J connectivity index is 1.16. The minimum absolute atomic E-state index is 0.0117. The Bertz CT molecular complexity index is 2630. The summed E-state index contributed by atoms with van der Waals surface area (Å²) >= 11 is 0. The molecule has 4 aromatic rings. The van der Waals surface area contributed by atoms with Crippen molar-refractivity contribution in [1.29, 1.82) is 0 Å². The van der Waals surface area contributed by atoms with E-state index in [9.17, 15) is 38.4 Å². The third-order valence-corrected chi connectivity index (χ3v) is 11.7. The molecule has 0 unspecified atom stereocenters. The van der Waals surface area contributed by atoms with E-state index in [1.807, 2.05) is 0 Å². The Morgan fingerprint density at radius 2 is 0.846 bits per heavy atom. The van der Waals surface area contributed by atoms with Crippen LogP contribution in [0.4, 0.5) is 0 Å². The van der Waals surface area contributed by atoms with Crippen molar-refractivity contribution >= 4 is 47.8 Å². The van der Waals surface area contributed by atoms with Gasteiger partial charge in [0, 0.05) is 25.7 Å². The SMILES string of the molecule is C=CC(=O)OCCCCOc1ccc(C(=O)Oc2ccc(OC(=O)C3CCC(C(=O)Oc4ccc(OC(=O)c5ccc(OCCCCOC(=O)CC)cc5)c(C(=O)OCCOCC)c4)CC3)cc2C(=O)OCCOCC)cc1. The normalized spacial score (nSPS) is 13.7. The maximum absolute atomic E-state index is 13.5. The second-order valence-corrected chi connectivity index (χ2v) is 17.3. The molecule has 0 saturated heterocycles. The van der Waals surface area contributed by atoms with Crippen molar-refractivity contribution < 1.29 is 95.2 Å². The molecular weight excluding hydrogens is 1020 g/mol. The predicted molar refractivity (Wildman–Crippen MR) is 278 cm³/mol. The van der Waals surface area contributed by atoms with Crippen LogP contribution in [-0.2, 0) is 47.6 Å². The number of ether oxygens (including phenoxy) is 12. The molecule has 0 N–H and O–H groups in total. The minimum atomic E-state index is -0.857. The summed E-state index contributed by atoms with van der Waals surface area (Å²) in [5.74, 6) is -5.80. The van der Waals surface area contributed by atoms with Crippen LogP contribution in [0.2, 0.25) is 0 Å². The molecule has 0 amide bonds. The van der Waals surface area contributed by atoms with E-state index in [0.717, 1.165) is 6.08 Å². The first-order chi connectivity index (χ1) is 37.8. The second-order valence-electron chi connectivity index (χ2n) is 17.3. The fourth-order valence-corrected chi connectivity index (χ4v) is 7.44.